The lowest BCUT2D eigenvalue weighted by atomic mass is 9.92. The smallest absolute Gasteiger partial charge is 0.247 e. The largest absolute Gasteiger partial charge is 0.497 e. The fourth-order valence-corrected chi connectivity index (χ4v) is 3.45. The van der Waals surface area contributed by atoms with Gasteiger partial charge in [0.25, 0.3) is 0 Å². The number of benzene rings is 2. The van der Waals surface area contributed by atoms with Gasteiger partial charge >= 0.3 is 0 Å². The van der Waals surface area contributed by atoms with E-state index in [4.69, 9.17) is 14.2 Å². The van der Waals surface area contributed by atoms with Crippen molar-refractivity contribution in [2.24, 2.45) is 0 Å². The van der Waals surface area contributed by atoms with Gasteiger partial charge < -0.3 is 19.1 Å². The minimum absolute atomic E-state index is 0.00856. The van der Waals surface area contributed by atoms with Gasteiger partial charge in [-0.3, -0.25) is 4.79 Å². The summed E-state index contributed by atoms with van der Waals surface area (Å²) < 4.78 is 16.0. The van der Waals surface area contributed by atoms with Gasteiger partial charge in [-0.2, -0.15) is 0 Å². The molecule has 0 unspecified atom stereocenters. The normalized spacial score (nSPS) is 16.1. The van der Waals surface area contributed by atoms with Crippen LogP contribution in [-0.4, -0.2) is 38.7 Å². The van der Waals surface area contributed by atoms with E-state index in [0.717, 1.165) is 29.0 Å². The third-order valence-corrected chi connectivity index (χ3v) is 4.98. The zero-order valence-corrected chi connectivity index (χ0v) is 16.2. The first-order chi connectivity index (χ1) is 13.1. The van der Waals surface area contributed by atoms with Crippen molar-refractivity contribution in [1.82, 2.24) is 4.90 Å². The molecule has 0 saturated heterocycles. The van der Waals surface area contributed by atoms with Crippen molar-refractivity contribution in [3.63, 3.8) is 0 Å². The maximum Gasteiger partial charge on any atom is 0.247 e. The molecule has 5 nitrogen and oxygen atoms in total. The van der Waals surface area contributed by atoms with Gasteiger partial charge in [0.1, 0.15) is 5.75 Å². The molecule has 0 aliphatic carbocycles. The first kappa shape index (κ1) is 18.8. The second kappa shape index (κ2) is 8.16. The number of carbonyl (C=O) groups is 1. The summed E-state index contributed by atoms with van der Waals surface area (Å²) in [5.41, 5.74) is 3.22. The molecule has 0 spiro atoms. The van der Waals surface area contributed by atoms with E-state index < -0.39 is 0 Å². The highest BCUT2D eigenvalue weighted by molar-refractivity contribution is 5.92. The maximum absolute atomic E-state index is 12.8. The average Bonchev–Trinajstić information content (AvgIpc) is 2.71. The molecule has 0 radical (unpaired) electrons. The Balaban J connectivity index is 1.80. The van der Waals surface area contributed by atoms with E-state index in [1.54, 1.807) is 27.4 Å². The molecule has 5 heteroatoms. The number of methoxy groups -OCH3 is 3. The summed E-state index contributed by atoms with van der Waals surface area (Å²) >= 11 is 0. The number of fused-ring (bicyclic) bond motifs is 1. The minimum Gasteiger partial charge on any atom is -0.497 e. The van der Waals surface area contributed by atoms with Crippen LogP contribution in [0, 0.1) is 0 Å². The molecule has 1 atom stereocenters. The lowest BCUT2D eigenvalue weighted by Gasteiger charge is -2.35. The van der Waals surface area contributed by atoms with E-state index in [2.05, 4.69) is 0 Å². The molecule has 0 aromatic heterocycles. The molecule has 3 rings (SSSR count). The number of rotatable bonds is 5. The molecule has 0 fully saturated rings. The molecule has 0 N–H and O–H groups in total. The molecule has 1 aliphatic heterocycles. The Morgan fingerprint density at radius 2 is 1.81 bits per heavy atom. The number of amides is 1. The van der Waals surface area contributed by atoms with E-state index in [0.29, 0.717) is 12.3 Å². The van der Waals surface area contributed by atoms with Gasteiger partial charge in [-0.15, -0.1) is 0 Å². The van der Waals surface area contributed by atoms with Crippen LogP contribution in [0.3, 0.4) is 0 Å². The standard InChI is InChI=1S/C22H25NO4/c1-15-19-14-21(27-4)20(26-3)13-17(19)10-11-23(15)22(24)9-8-16-6-5-7-18(12-16)25-2/h5-9,12-15H,10-11H2,1-4H3/b9-8+/t15-/m0/s1. The summed E-state index contributed by atoms with van der Waals surface area (Å²) in [6.07, 6.45) is 4.23. The fourth-order valence-electron chi connectivity index (χ4n) is 3.45. The van der Waals surface area contributed by atoms with Crippen LogP contribution < -0.4 is 14.2 Å². The molecule has 1 heterocycles. The second-order valence-corrected chi connectivity index (χ2v) is 6.47. The molecule has 1 aliphatic rings. The van der Waals surface area contributed by atoms with Crippen LogP contribution in [0.4, 0.5) is 0 Å². The highest BCUT2D eigenvalue weighted by Gasteiger charge is 2.28. The molecule has 1 amide bonds. The van der Waals surface area contributed by atoms with Gasteiger partial charge in [0, 0.05) is 12.6 Å². The van der Waals surface area contributed by atoms with Crippen LogP contribution in [-0.2, 0) is 11.2 Å². The minimum atomic E-state index is -0.0315. The Bertz CT molecular complexity index is 859. The van der Waals surface area contributed by atoms with Gasteiger partial charge in [-0.25, -0.2) is 0 Å². The van der Waals surface area contributed by atoms with Gasteiger partial charge in [0.05, 0.1) is 27.4 Å². The van der Waals surface area contributed by atoms with E-state index >= 15 is 0 Å². The zero-order chi connectivity index (χ0) is 19.4. The SMILES string of the molecule is COc1cccc(/C=C/C(=O)N2CCc3cc(OC)c(OC)cc3[C@@H]2C)c1. The molecular formula is C22H25NO4. The Morgan fingerprint density at radius 1 is 1.07 bits per heavy atom. The molecule has 2 aromatic rings. The van der Waals surface area contributed by atoms with Crippen LogP contribution in [0.2, 0.25) is 0 Å². The second-order valence-electron chi connectivity index (χ2n) is 6.47. The first-order valence-corrected chi connectivity index (χ1v) is 8.95. The highest BCUT2D eigenvalue weighted by atomic mass is 16.5. The van der Waals surface area contributed by atoms with E-state index in [-0.39, 0.29) is 11.9 Å². The predicted molar refractivity (Wildman–Crippen MR) is 105 cm³/mol. The monoisotopic (exact) mass is 367 g/mol. The zero-order valence-electron chi connectivity index (χ0n) is 16.2. The third kappa shape index (κ3) is 3.92. The van der Waals surface area contributed by atoms with Crippen molar-refractivity contribution in [3.8, 4) is 17.2 Å². The predicted octanol–water partition coefficient (Wildman–Crippen LogP) is 3.87. The van der Waals surface area contributed by atoms with Crippen molar-refractivity contribution in [2.45, 2.75) is 19.4 Å². The van der Waals surface area contributed by atoms with Crippen molar-refractivity contribution >= 4 is 12.0 Å². The lowest BCUT2D eigenvalue weighted by Crippen LogP contribution is -2.37. The number of carbonyl (C=O) groups excluding carboxylic acids is 1. The van der Waals surface area contributed by atoms with E-state index in [1.165, 1.54) is 5.56 Å². The number of nitrogens with zero attached hydrogens (tertiary/aromatic N) is 1. The Hall–Kier alpha value is -2.95. The summed E-state index contributed by atoms with van der Waals surface area (Å²) in [7, 11) is 4.89. The molecular weight excluding hydrogens is 342 g/mol. The van der Waals surface area contributed by atoms with Crippen LogP contribution in [0.5, 0.6) is 17.2 Å². The Labute approximate surface area is 160 Å². The van der Waals surface area contributed by atoms with Crippen molar-refractivity contribution < 1.29 is 19.0 Å². The van der Waals surface area contributed by atoms with Crippen molar-refractivity contribution in [1.29, 1.82) is 0 Å². The molecule has 2 aromatic carbocycles. The van der Waals surface area contributed by atoms with Crippen molar-refractivity contribution in [2.75, 3.05) is 27.9 Å². The third-order valence-electron chi connectivity index (χ3n) is 4.98. The van der Waals surface area contributed by atoms with Gasteiger partial charge in [0.2, 0.25) is 5.91 Å². The lowest BCUT2D eigenvalue weighted by molar-refractivity contribution is -0.128. The number of hydrogen-bond acceptors (Lipinski definition) is 4. The number of hydrogen-bond donors (Lipinski definition) is 0. The van der Waals surface area contributed by atoms with Gasteiger partial charge in [0.15, 0.2) is 11.5 Å². The first-order valence-electron chi connectivity index (χ1n) is 8.95. The van der Waals surface area contributed by atoms with Crippen LogP contribution in [0.15, 0.2) is 42.5 Å². The molecule has 142 valence electrons. The molecule has 0 bridgehead atoms. The molecule has 27 heavy (non-hydrogen) atoms. The van der Waals surface area contributed by atoms with E-state index in [9.17, 15) is 4.79 Å². The summed E-state index contributed by atoms with van der Waals surface area (Å²) in [5.74, 6) is 2.17. The number of ether oxygens (including phenoxy) is 3. The topological polar surface area (TPSA) is 48.0 Å². The van der Waals surface area contributed by atoms with Gasteiger partial charge in [-0.1, -0.05) is 12.1 Å². The van der Waals surface area contributed by atoms with E-state index in [1.807, 2.05) is 54.3 Å². The summed E-state index contributed by atoms with van der Waals surface area (Å²) in [6.45, 7) is 2.71. The molecule has 0 saturated carbocycles. The van der Waals surface area contributed by atoms with Gasteiger partial charge in [-0.05, 0) is 60.4 Å². The Kier molecular flexibility index (Phi) is 5.69. The Morgan fingerprint density at radius 3 is 2.52 bits per heavy atom. The summed E-state index contributed by atoms with van der Waals surface area (Å²) in [5, 5.41) is 0. The van der Waals surface area contributed by atoms with Crippen LogP contribution in [0.25, 0.3) is 6.08 Å². The van der Waals surface area contributed by atoms with Crippen molar-refractivity contribution in [3.05, 3.63) is 59.2 Å². The fraction of sp³-hybridized carbons (Fsp3) is 0.318. The highest BCUT2D eigenvalue weighted by Crippen LogP contribution is 2.37. The maximum atomic E-state index is 12.8. The van der Waals surface area contributed by atoms with Crippen LogP contribution in [0.1, 0.15) is 29.7 Å². The summed E-state index contributed by atoms with van der Waals surface area (Å²) in [6, 6.07) is 11.6. The quantitative estimate of drug-likeness (QED) is 0.753. The van der Waals surface area contributed by atoms with Crippen LogP contribution >= 0.6 is 0 Å². The average molecular weight is 367 g/mol. The summed E-state index contributed by atoms with van der Waals surface area (Å²) in [4.78, 5) is 14.7.